The summed E-state index contributed by atoms with van der Waals surface area (Å²) in [4.78, 5) is 0. The monoisotopic (exact) mass is 241 g/mol. The van der Waals surface area contributed by atoms with Gasteiger partial charge in [0.2, 0.25) is 0 Å². The van der Waals surface area contributed by atoms with E-state index in [2.05, 4.69) is 0 Å². The molecule has 0 aliphatic carbocycles. The van der Waals surface area contributed by atoms with Gasteiger partial charge in [-0.3, -0.25) is 4.21 Å². The summed E-state index contributed by atoms with van der Waals surface area (Å²) >= 11 is 0. The summed E-state index contributed by atoms with van der Waals surface area (Å²) < 4.78 is 17.1. The quantitative estimate of drug-likeness (QED) is 0.777. The maximum absolute atomic E-state index is 11.6. The number of para-hydroxylation sites is 2. The molecule has 1 aromatic carbocycles. The predicted molar refractivity (Wildman–Crippen MR) is 69.1 cm³/mol. The molecule has 4 heteroatoms. The van der Waals surface area contributed by atoms with Crippen LogP contribution in [0.3, 0.4) is 0 Å². The summed E-state index contributed by atoms with van der Waals surface area (Å²) in [5.74, 6) is 1.23. The fraction of sp³-hybridized carbons (Fsp3) is 0.500. The molecule has 0 bridgehead atoms. The van der Waals surface area contributed by atoms with Crippen molar-refractivity contribution in [2.75, 3.05) is 18.1 Å². The molecule has 2 N–H and O–H groups in total. The maximum Gasteiger partial charge on any atom is 0.142 e. The van der Waals surface area contributed by atoms with E-state index in [1.807, 2.05) is 32.0 Å². The second-order valence-corrected chi connectivity index (χ2v) is 5.66. The summed E-state index contributed by atoms with van der Waals surface area (Å²) in [7, 11) is -0.811. The molecule has 0 heterocycles. The molecule has 16 heavy (non-hydrogen) atoms. The molecule has 90 valence electrons. The van der Waals surface area contributed by atoms with Crippen LogP contribution in [0.25, 0.3) is 0 Å². The number of benzene rings is 1. The molecule has 1 rings (SSSR count). The number of ether oxygens (including phenoxy) is 1. The Hall–Kier alpha value is -1.03. The molecule has 0 aromatic heterocycles. The van der Waals surface area contributed by atoms with Gasteiger partial charge in [-0.2, -0.15) is 0 Å². The van der Waals surface area contributed by atoms with Gasteiger partial charge in [-0.25, -0.2) is 0 Å². The summed E-state index contributed by atoms with van der Waals surface area (Å²) in [5.41, 5.74) is 6.34. The van der Waals surface area contributed by atoms with E-state index in [4.69, 9.17) is 10.5 Å². The molecule has 0 radical (unpaired) electrons. The minimum Gasteiger partial charge on any atom is -0.490 e. The van der Waals surface area contributed by atoms with E-state index in [0.29, 0.717) is 23.8 Å². The van der Waals surface area contributed by atoms with Gasteiger partial charge in [0.15, 0.2) is 0 Å². The standard InChI is InChI=1S/C12H19NO2S/c1-3-10(2)16(14)9-8-15-12-7-5-4-6-11(12)13/h4-7,10H,3,8-9,13H2,1-2H3. The molecule has 0 spiro atoms. The Labute approximate surface area is 99.4 Å². The maximum atomic E-state index is 11.6. The third kappa shape index (κ3) is 3.85. The van der Waals surface area contributed by atoms with E-state index in [9.17, 15) is 4.21 Å². The lowest BCUT2D eigenvalue weighted by molar-refractivity contribution is 0.344. The second kappa shape index (κ2) is 6.53. The molecule has 2 atom stereocenters. The van der Waals surface area contributed by atoms with Crippen LogP contribution in [-0.2, 0) is 10.8 Å². The Morgan fingerprint density at radius 2 is 2.12 bits per heavy atom. The van der Waals surface area contributed by atoms with Crippen molar-refractivity contribution in [1.82, 2.24) is 0 Å². The van der Waals surface area contributed by atoms with Crippen LogP contribution in [0.15, 0.2) is 24.3 Å². The van der Waals surface area contributed by atoms with Crippen molar-refractivity contribution in [3.05, 3.63) is 24.3 Å². The highest BCUT2D eigenvalue weighted by Crippen LogP contribution is 2.19. The van der Waals surface area contributed by atoms with Gasteiger partial charge in [0.1, 0.15) is 5.75 Å². The number of nitrogens with two attached hydrogens (primary N) is 1. The van der Waals surface area contributed by atoms with E-state index in [1.165, 1.54) is 0 Å². The zero-order chi connectivity index (χ0) is 12.0. The summed E-state index contributed by atoms with van der Waals surface area (Å²) in [6.07, 6.45) is 0.931. The van der Waals surface area contributed by atoms with Gasteiger partial charge >= 0.3 is 0 Å². The second-order valence-electron chi connectivity index (χ2n) is 3.69. The van der Waals surface area contributed by atoms with E-state index in [-0.39, 0.29) is 5.25 Å². The smallest absolute Gasteiger partial charge is 0.142 e. The topological polar surface area (TPSA) is 52.3 Å². The van der Waals surface area contributed by atoms with Crippen LogP contribution in [0.1, 0.15) is 20.3 Å². The minimum atomic E-state index is -0.811. The first kappa shape index (κ1) is 13.0. The molecule has 0 aliphatic rings. The SMILES string of the molecule is CCC(C)S(=O)CCOc1ccccc1N. The molecule has 3 nitrogen and oxygen atoms in total. The molecule has 0 amide bonds. The van der Waals surface area contributed by atoms with Crippen LogP contribution >= 0.6 is 0 Å². The lowest BCUT2D eigenvalue weighted by Gasteiger charge is -2.10. The number of anilines is 1. The summed E-state index contributed by atoms with van der Waals surface area (Å²) in [6.45, 7) is 4.48. The van der Waals surface area contributed by atoms with Gasteiger partial charge in [0.25, 0.3) is 0 Å². The van der Waals surface area contributed by atoms with Crippen LogP contribution in [0.2, 0.25) is 0 Å². The lowest BCUT2D eigenvalue weighted by Crippen LogP contribution is -2.17. The molecular formula is C12H19NO2S. The summed E-state index contributed by atoms with van der Waals surface area (Å²) in [5, 5.41) is 0.233. The molecule has 0 aliphatic heterocycles. The number of hydrogen-bond acceptors (Lipinski definition) is 3. The van der Waals surface area contributed by atoms with Crippen molar-refractivity contribution in [1.29, 1.82) is 0 Å². The van der Waals surface area contributed by atoms with E-state index >= 15 is 0 Å². The fourth-order valence-electron chi connectivity index (χ4n) is 1.23. The van der Waals surface area contributed by atoms with Crippen LogP contribution in [-0.4, -0.2) is 21.8 Å². The Morgan fingerprint density at radius 1 is 1.44 bits per heavy atom. The predicted octanol–water partition coefficient (Wildman–Crippen LogP) is 2.19. The zero-order valence-corrected chi connectivity index (χ0v) is 10.6. The van der Waals surface area contributed by atoms with Gasteiger partial charge in [0.05, 0.1) is 18.0 Å². The van der Waals surface area contributed by atoms with E-state index in [0.717, 1.165) is 6.42 Å². The molecule has 2 unspecified atom stereocenters. The first-order chi connectivity index (χ1) is 7.65. The van der Waals surface area contributed by atoms with Crippen LogP contribution in [0.4, 0.5) is 5.69 Å². The van der Waals surface area contributed by atoms with Crippen LogP contribution < -0.4 is 10.5 Å². The third-order valence-corrected chi connectivity index (χ3v) is 4.28. The van der Waals surface area contributed by atoms with Gasteiger partial charge in [0, 0.05) is 16.0 Å². The molecule has 0 saturated heterocycles. The summed E-state index contributed by atoms with van der Waals surface area (Å²) in [6, 6.07) is 7.35. The highest BCUT2D eigenvalue weighted by Gasteiger charge is 2.08. The van der Waals surface area contributed by atoms with Crippen molar-refractivity contribution < 1.29 is 8.95 Å². The zero-order valence-electron chi connectivity index (χ0n) is 9.81. The normalized spacial score (nSPS) is 14.4. The average Bonchev–Trinajstić information content (AvgIpc) is 2.30. The Kier molecular flexibility index (Phi) is 5.32. The first-order valence-corrected chi connectivity index (χ1v) is 6.87. The van der Waals surface area contributed by atoms with Gasteiger partial charge in [-0.15, -0.1) is 0 Å². The Balaban J connectivity index is 2.36. The Morgan fingerprint density at radius 3 is 2.75 bits per heavy atom. The van der Waals surface area contributed by atoms with Gasteiger partial charge in [-0.05, 0) is 18.6 Å². The first-order valence-electron chi connectivity index (χ1n) is 5.49. The van der Waals surface area contributed by atoms with Crippen LogP contribution in [0.5, 0.6) is 5.75 Å². The largest absolute Gasteiger partial charge is 0.490 e. The number of rotatable bonds is 6. The lowest BCUT2D eigenvalue weighted by atomic mass is 10.3. The highest BCUT2D eigenvalue weighted by atomic mass is 32.2. The molecular weight excluding hydrogens is 222 g/mol. The van der Waals surface area contributed by atoms with E-state index in [1.54, 1.807) is 6.07 Å². The van der Waals surface area contributed by atoms with Gasteiger partial charge < -0.3 is 10.5 Å². The van der Waals surface area contributed by atoms with Crippen molar-refractivity contribution in [2.24, 2.45) is 0 Å². The number of nitrogen functional groups attached to an aromatic ring is 1. The molecule has 1 aromatic rings. The Bertz CT molecular complexity index is 355. The van der Waals surface area contributed by atoms with E-state index < -0.39 is 10.8 Å². The van der Waals surface area contributed by atoms with Crippen molar-refractivity contribution in [3.8, 4) is 5.75 Å². The highest BCUT2D eigenvalue weighted by molar-refractivity contribution is 7.85. The molecule has 0 saturated carbocycles. The van der Waals surface area contributed by atoms with Crippen LogP contribution in [0, 0.1) is 0 Å². The van der Waals surface area contributed by atoms with Crippen molar-refractivity contribution in [2.45, 2.75) is 25.5 Å². The average molecular weight is 241 g/mol. The van der Waals surface area contributed by atoms with Crippen molar-refractivity contribution >= 4 is 16.5 Å². The molecule has 0 fully saturated rings. The third-order valence-electron chi connectivity index (χ3n) is 2.48. The minimum absolute atomic E-state index is 0.233. The van der Waals surface area contributed by atoms with Crippen molar-refractivity contribution in [3.63, 3.8) is 0 Å². The number of hydrogen-bond donors (Lipinski definition) is 1. The van der Waals surface area contributed by atoms with Gasteiger partial charge in [-0.1, -0.05) is 26.0 Å². The fourth-order valence-corrected chi connectivity index (χ4v) is 2.25.